The van der Waals surface area contributed by atoms with Gasteiger partial charge in [-0.1, -0.05) is 126 Å². The molecule has 0 saturated carbocycles. The van der Waals surface area contributed by atoms with Crippen LogP contribution in [-0.4, -0.2) is 136 Å². The van der Waals surface area contributed by atoms with Crippen molar-refractivity contribution in [2.24, 2.45) is 33.8 Å². The van der Waals surface area contributed by atoms with E-state index in [1.54, 1.807) is 27.9 Å². The van der Waals surface area contributed by atoms with Crippen LogP contribution in [0, 0.1) is 28.1 Å². The highest BCUT2D eigenvalue weighted by atomic mass is 32.2. The summed E-state index contributed by atoms with van der Waals surface area (Å²) in [5.74, 6) is -4.68. The molecule has 20 nitrogen and oxygen atoms in total. The number of likely N-dealkylation sites (N-methyl/N-ethyl adjacent to an activating group) is 2. The van der Waals surface area contributed by atoms with E-state index in [1.165, 1.54) is 54.3 Å². The minimum atomic E-state index is -4.46. The van der Waals surface area contributed by atoms with Crippen molar-refractivity contribution >= 4 is 63.0 Å². The third-order valence-corrected chi connectivity index (χ3v) is 15.4. The second-order valence-corrected chi connectivity index (χ2v) is 26.5. The highest BCUT2D eigenvalue weighted by molar-refractivity contribution is 7.90. The first-order valence-electron chi connectivity index (χ1n) is 27.4. The van der Waals surface area contributed by atoms with Gasteiger partial charge in [0.05, 0.1) is 30.2 Å². The van der Waals surface area contributed by atoms with Crippen molar-refractivity contribution in [3.8, 4) is 0 Å². The van der Waals surface area contributed by atoms with E-state index in [4.69, 9.17) is 10.5 Å². The smallest absolute Gasteiger partial charge is 0.264 e. The number of sulfonamides is 1. The molecule has 1 heterocycles. The third kappa shape index (κ3) is 19.8. The predicted octanol–water partition coefficient (Wildman–Crippen LogP) is 5.09. The van der Waals surface area contributed by atoms with Crippen molar-refractivity contribution in [2.45, 2.75) is 163 Å². The van der Waals surface area contributed by atoms with Crippen LogP contribution in [0.3, 0.4) is 0 Å². The molecule has 0 aromatic heterocycles. The molecular weight excluding hydrogens is 1040 g/mol. The van der Waals surface area contributed by atoms with E-state index in [1.807, 2.05) is 106 Å². The van der Waals surface area contributed by atoms with Gasteiger partial charge in [0, 0.05) is 54.3 Å². The van der Waals surface area contributed by atoms with E-state index < -0.39 is 91.4 Å². The lowest BCUT2D eigenvalue weighted by Gasteiger charge is -2.40. The molecule has 8 N–H and O–H groups in total. The molecule has 0 saturated heterocycles. The zero-order valence-electron chi connectivity index (χ0n) is 50.0. The maximum Gasteiger partial charge on any atom is 0.264 e. The number of carbonyl (C=O) groups is 8. The van der Waals surface area contributed by atoms with E-state index in [0.717, 1.165) is 10.5 Å². The van der Waals surface area contributed by atoms with Gasteiger partial charge in [0.1, 0.15) is 18.1 Å². The van der Waals surface area contributed by atoms with Gasteiger partial charge in [-0.05, 0) is 92.3 Å². The topological polar surface area (TPSA) is 285 Å². The van der Waals surface area contributed by atoms with Gasteiger partial charge in [0.2, 0.25) is 29.5 Å². The lowest BCUT2D eigenvalue weighted by Crippen LogP contribution is -2.61. The molecule has 0 fully saturated rings. The van der Waals surface area contributed by atoms with E-state index in [2.05, 4.69) is 31.3 Å². The zero-order valence-corrected chi connectivity index (χ0v) is 50.8. The Morgan fingerprint density at radius 2 is 1.31 bits per heavy atom. The molecule has 80 heavy (non-hydrogen) atoms. The fourth-order valence-corrected chi connectivity index (χ4v) is 10.3. The quantitative estimate of drug-likeness (QED) is 0.0305. The van der Waals surface area contributed by atoms with Gasteiger partial charge in [-0.15, -0.1) is 0 Å². The van der Waals surface area contributed by atoms with Gasteiger partial charge in [-0.25, -0.2) is 13.1 Å². The Hall–Kier alpha value is -6.29. The molecule has 0 radical (unpaired) electrons. The van der Waals surface area contributed by atoms with Crippen LogP contribution in [0.5, 0.6) is 0 Å². The van der Waals surface area contributed by atoms with Gasteiger partial charge in [0.25, 0.3) is 27.7 Å². The Balaban J connectivity index is 1.69. The molecule has 2 aromatic carbocycles. The first-order chi connectivity index (χ1) is 37.0. The lowest BCUT2D eigenvalue weighted by molar-refractivity contribution is -0.141. The molecular formula is C59H91N9O11S. The van der Waals surface area contributed by atoms with Crippen LogP contribution in [0.4, 0.5) is 5.69 Å². The molecule has 2 aromatic rings. The summed E-state index contributed by atoms with van der Waals surface area (Å²) in [5, 5.41) is 14.5. The van der Waals surface area contributed by atoms with Crippen LogP contribution in [0.2, 0.25) is 0 Å². The number of hydrogen-bond donors (Lipinski definition) is 7. The summed E-state index contributed by atoms with van der Waals surface area (Å²) in [6, 6.07) is 10.3. The van der Waals surface area contributed by atoms with Crippen LogP contribution >= 0.6 is 0 Å². The van der Waals surface area contributed by atoms with Crippen LogP contribution < -0.4 is 37.0 Å². The van der Waals surface area contributed by atoms with Crippen molar-refractivity contribution in [1.29, 1.82) is 0 Å². The molecule has 3 rings (SSSR count). The highest BCUT2D eigenvalue weighted by Crippen LogP contribution is 2.30. The van der Waals surface area contributed by atoms with Crippen LogP contribution in [0.15, 0.2) is 83.3 Å². The Bertz CT molecular complexity index is 2660. The number of anilines is 1. The third-order valence-electron chi connectivity index (χ3n) is 14.1. The summed E-state index contributed by atoms with van der Waals surface area (Å²) in [5.41, 5.74) is 4.28. The van der Waals surface area contributed by atoms with Crippen molar-refractivity contribution in [1.82, 2.24) is 35.8 Å². The number of nitrogens with two attached hydrogens (primary N) is 1. The summed E-state index contributed by atoms with van der Waals surface area (Å²) in [7, 11) is -1.18. The standard InChI is InChI=1S/C59H91N9O11S/c1-37(2)44(67(16)55(76)50(56(6,7)8)65-54(75)49(61-15)59(13,14)40-22-18-17-19-23-40)32-39(5)51(72)66-80(77,78)42-27-25-41(26-28-42)62-52(73)43(24-20-21-31-60)63-53(74)48(38(3)4)64-45(69)33-57(9,10)35-79-36-58(11,12)34-68-46(70)29-30-47(68)71/h17-19,22-23,25-30,32,37-38,43-44,48-50,61H,20-21,24,31,33-36,60H2,1-16H3,(H,62,73)(H,63,74)(H,64,69)(H,65,75)(H,66,72). The van der Waals surface area contributed by atoms with E-state index in [9.17, 15) is 46.8 Å². The molecule has 8 amide bonds. The number of unbranched alkanes of at least 4 members (excludes halogenated alkanes) is 1. The maximum atomic E-state index is 14.4. The normalized spacial score (nSPS) is 15.5. The minimum absolute atomic E-state index is 0.00361. The van der Waals surface area contributed by atoms with Gasteiger partial charge < -0.3 is 42.0 Å². The molecule has 1 aliphatic rings. The molecule has 0 bridgehead atoms. The molecule has 5 unspecified atom stereocenters. The van der Waals surface area contributed by atoms with Gasteiger partial charge in [-0.2, -0.15) is 0 Å². The number of ether oxygens (including phenoxy) is 1. The number of nitrogens with one attached hydrogen (secondary N) is 6. The summed E-state index contributed by atoms with van der Waals surface area (Å²) in [4.78, 5) is 110. The SMILES string of the molecule is CNC(C(=O)NC(C(=O)N(C)C(C=C(C)C(=O)NS(=O)(=O)c1ccc(NC(=O)C(CCCCN)NC(=O)C(NC(=O)CC(C)(C)COCC(C)(C)CN2C(=O)C=CC2=O)C(C)C)cc1)C(C)C)C(C)(C)C)C(C)(C)c1ccccc1. The second kappa shape index (κ2) is 28.9. The average Bonchev–Trinajstić information content (AvgIpc) is 3.66. The number of imide groups is 1. The Kier molecular flexibility index (Phi) is 24.6. The van der Waals surface area contributed by atoms with Crippen LogP contribution in [-0.2, 0) is 58.5 Å². The Morgan fingerprint density at radius 1 is 0.738 bits per heavy atom. The number of nitrogens with zero attached hydrogens (tertiary/aromatic N) is 2. The van der Waals surface area contributed by atoms with Gasteiger partial charge in [0.15, 0.2) is 0 Å². The average molecular weight is 1130 g/mol. The number of benzene rings is 2. The van der Waals surface area contributed by atoms with Crippen LogP contribution in [0.25, 0.3) is 0 Å². The lowest BCUT2D eigenvalue weighted by atomic mass is 9.76. The van der Waals surface area contributed by atoms with Crippen molar-refractivity contribution in [3.63, 3.8) is 0 Å². The first kappa shape index (κ1) is 68.0. The van der Waals surface area contributed by atoms with E-state index in [-0.39, 0.29) is 78.3 Å². The highest BCUT2D eigenvalue weighted by Gasteiger charge is 2.42. The van der Waals surface area contributed by atoms with E-state index >= 15 is 0 Å². The predicted molar refractivity (Wildman–Crippen MR) is 310 cm³/mol. The molecule has 1 aliphatic heterocycles. The molecule has 21 heteroatoms. The zero-order chi connectivity index (χ0) is 60.7. The number of hydrogen-bond acceptors (Lipinski definition) is 13. The number of carbonyl (C=O) groups excluding carboxylic acids is 8. The summed E-state index contributed by atoms with van der Waals surface area (Å²) in [6.45, 7) is 26.4. The fraction of sp³-hybridized carbons (Fsp3) is 0.593. The van der Waals surface area contributed by atoms with E-state index in [0.29, 0.717) is 19.4 Å². The van der Waals surface area contributed by atoms with Crippen molar-refractivity contribution < 1.29 is 51.5 Å². The Labute approximate surface area is 475 Å². The minimum Gasteiger partial charge on any atom is -0.380 e. The largest absolute Gasteiger partial charge is 0.380 e. The molecule has 444 valence electrons. The monoisotopic (exact) mass is 1130 g/mol. The summed E-state index contributed by atoms with van der Waals surface area (Å²) < 4.78 is 35.3. The fourth-order valence-electron chi connectivity index (χ4n) is 9.30. The van der Waals surface area contributed by atoms with Gasteiger partial charge in [-0.3, -0.25) is 43.3 Å². The molecule has 0 spiro atoms. The summed E-state index contributed by atoms with van der Waals surface area (Å²) >= 11 is 0. The second-order valence-electron chi connectivity index (χ2n) is 24.8. The Morgan fingerprint density at radius 3 is 1.84 bits per heavy atom. The van der Waals surface area contributed by atoms with Gasteiger partial charge >= 0.3 is 0 Å². The molecule has 5 atom stereocenters. The number of rotatable bonds is 30. The van der Waals surface area contributed by atoms with Crippen molar-refractivity contribution in [3.05, 3.63) is 84.0 Å². The van der Waals surface area contributed by atoms with Crippen LogP contribution in [0.1, 0.15) is 128 Å². The number of amides is 8. The maximum absolute atomic E-state index is 14.4. The molecule has 0 aliphatic carbocycles. The first-order valence-corrected chi connectivity index (χ1v) is 28.8. The van der Waals surface area contributed by atoms with Crippen molar-refractivity contribution in [2.75, 3.05) is 45.7 Å². The summed E-state index contributed by atoms with van der Waals surface area (Å²) in [6.07, 6.45) is 5.23.